The fraction of sp³-hybridized carbons (Fsp3) is 0.423. The first-order valence-corrected chi connectivity index (χ1v) is 11.7. The molecule has 7 heteroatoms. The molecule has 0 atom stereocenters. The molecule has 0 spiro atoms. The molecule has 1 fully saturated rings. The van der Waals surface area contributed by atoms with Crippen molar-refractivity contribution in [3.63, 3.8) is 0 Å². The van der Waals surface area contributed by atoms with Gasteiger partial charge in [0.2, 0.25) is 0 Å². The molecule has 7 nitrogen and oxygen atoms in total. The second-order valence-corrected chi connectivity index (χ2v) is 9.95. The van der Waals surface area contributed by atoms with Gasteiger partial charge in [-0.15, -0.1) is 0 Å². The molecule has 4 heterocycles. The van der Waals surface area contributed by atoms with Crippen LogP contribution in [0.2, 0.25) is 0 Å². The van der Waals surface area contributed by atoms with E-state index in [1.165, 1.54) is 24.8 Å². The predicted octanol–water partition coefficient (Wildman–Crippen LogP) is 4.72. The van der Waals surface area contributed by atoms with E-state index in [2.05, 4.69) is 27.3 Å². The summed E-state index contributed by atoms with van der Waals surface area (Å²) in [6.45, 7) is 9.14. The molecule has 1 saturated heterocycles. The maximum Gasteiger partial charge on any atom is 0.419 e. The van der Waals surface area contributed by atoms with Gasteiger partial charge in [0.1, 0.15) is 11.3 Å². The van der Waals surface area contributed by atoms with E-state index in [-0.39, 0.29) is 5.91 Å². The van der Waals surface area contributed by atoms with Crippen molar-refractivity contribution < 1.29 is 14.3 Å². The number of carbonyl (C=O) groups is 2. The smallest absolute Gasteiger partial charge is 0.419 e. The number of aromatic nitrogens is 2. The number of likely N-dealkylation sites (tertiary alicyclic amines) is 1. The van der Waals surface area contributed by atoms with Crippen LogP contribution in [0.4, 0.5) is 4.79 Å². The third-order valence-electron chi connectivity index (χ3n) is 6.24. The molecule has 1 aromatic carbocycles. The van der Waals surface area contributed by atoms with Crippen LogP contribution in [0.15, 0.2) is 36.5 Å². The molecule has 2 aromatic heterocycles. The summed E-state index contributed by atoms with van der Waals surface area (Å²) in [7, 11) is 0. The number of nitrogens with one attached hydrogen (secondary N) is 1. The van der Waals surface area contributed by atoms with Crippen LogP contribution in [-0.4, -0.2) is 45.1 Å². The van der Waals surface area contributed by atoms with Crippen LogP contribution in [-0.2, 0) is 17.8 Å². The lowest BCUT2D eigenvalue weighted by Gasteiger charge is -2.26. The van der Waals surface area contributed by atoms with Crippen molar-refractivity contribution in [1.82, 2.24) is 19.8 Å². The number of rotatable bonds is 3. The molecule has 2 aliphatic heterocycles. The SMILES string of the molecule is CC(C)(C)OC(=O)n1c(-c2nccc3c2C(=O)NC3)cc2cc(CN3CCCCC3)ccc21. The van der Waals surface area contributed by atoms with Crippen molar-refractivity contribution in [2.75, 3.05) is 13.1 Å². The number of nitrogens with zero attached hydrogens (tertiary/aromatic N) is 3. The Kier molecular flexibility index (Phi) is 5.44. The van der Waals surface area contributed by atoms with Crippen LogP contribution in [0.3, 0.4) is 0 Å². The number of ether oxygens (including phenoxy) is 1. The lowest BCUT2D eigenvalue weighted by Crippen LogP contribution is -2.29. The van der Waals surface area contributed by atoms with Crippen LogP contribution in [0.1, 0.15) is 61.5 Å². The molecular formula is C26H30N4O3. The van der Waals surface area contributed by atoms with E-state index >= 15 is 0 Å². The minimum atomic E-state index is -0.650. The summed E-state index contributed by atoms with van der Waals surface area (Å²) in [6, 6.07) is 9.99. The fourth-order valence-corrected chi connectivity index (χ4v) is 4.78. The van der Waals surface area contributed by atoms with Crippen LogP contribution < -0.4 is 5.32 Å². The Morgan fingerprint density at radius 3 is 2.67 bits per heavy atom. The quantitative estimate of drug-likeness (QED) is 0.630. The molecule has 0 bridgehead atoms. The maximum absolute atomic E-state index is 13.3. The van der Waals surface area contributed by atoms with Gasteiger partial charge in [0.25, 0.3) is 5.91 Å². The van der Waals surface area contributed by atoms with Crippen molar-refractivity contribution in [1.29, 1.82) is 0 Å². The van der Waals surface area contributed by atoms with Crippen molar-refractivity contribution in [2.45, 2.75) is 58.7 Å². The number of amides is 1. The Hall–Kier alpha value is -3.19. The number of fused-ring (bicyclic) bond motifs is 2. The van der Waals surface area contributed by atoms with Crippen LogP contribution in [0, 0.1) is 0 Å². The molecule has 3 aromatic rings. The average Bonchev–Trinajstić information content (AvgIpc) is 3.34. The van der Waals surface area contributed by atoms with E-state index < -0.39 is 11.7 Å². The zero-order chi connectivity index (χ0) is 23.2. The summed E-state index contributed by atoms with van der Waals surface area (Å²) in [5.41, 5.74) is 3.80. The average molecular weight is 447 g/mol. The molecule has 0 unspecified atom stereocenters. The molecule has 0 radical (unpaired) electrons. The summed E-state index contributed by atoms with van der Waals surface area (Å²) >= 11 is 0. The third kappa shape index (κ3) is 4.25. The van der Waals surface area contributed by atoms with Crippen molar-refractivity contribution >= 4 is 22.9 Å². The van der Waals surface area contributed by atoms with Crippen molar-refractivity contribution in [3.8, 4) is 11.4 Å². The van der Waals surface area contributed by atoms with E-state index in [4.69, 9.17) is 4.74 Å². The van der Waals surface area contributed by atoms with Crippen LogP contribution >= 0.6 is 0 Å². The Balaban J connectivity index is 1.63. The summed E-state index contributed by atoms with van der Waals surface area (Å²) in [6.07, 6.45) is 5.00. The lowest BCUT2D eigenvalue weighted by molar-refractivity contribution is 0.0546. The summed E-state index contributed by atoms with van der Waals surface area (Å²) in [4.78, 5) is 32.9. The van der Waals surface area contributed by atoms with E-state index in [1.807, 2.05) is 39.0 Å². The van der Waals surface area contributed by atoms with E-state index in [0.29, 0.717) is 23.5 Å². The van der Waals surface area contributed by atoms with Gasteiger partial charge in [-0.2, -0.15) is 0 Å². The molecule has 5 rings (SSSR count). The fourth-order valence-electron chi connectivity index (χ4n) is 4.78. The molecular weight excluding hydrogens is 416 g/mol. The zero-order valence-electron chi connectivity index (χ0n) is 19.5. The molecule has 2 aliphatic rings. The molecule has 1 amide bonds. The Morgan fingerprint density at radius 2 is 1.91 bits per heavy atom. The van der Waals surface area contributed by atoms with Gasteiger partial charge in [0, 0.05) is 24.7 Å². The van der Waals surface area contributed by atoms with Gasteiger partial charge in [0.15, 0.2) is 0 Å². The van der Waals surface area contributed by atoms with Crippen LogP contribution in [0.5, 0.6) is 0 Å². The molecule has 1 N–H and O–H groups in total. The minimum absolute atomic E-state index is 0.167. The first-order chi connectivity index (χ1) is 15.8. The number of hydrogen-bond acceptors (Lipinski definition) is 5. The second-order valence-electron chi connectivity index (χ2n) is 9.95. The maximum atomic E-state index is 13.3. The first-order valence-electron chi connectivity index (χ1n) is 11.7. The lowest BCUT2D eigenvalue weighted by atomic mass is 10.1. The summed E-state index contributed by atoms with van der Waals surface area (Å²) in [5, 5.41) is 3.79. The van der Waals surface area contributed by atoms with Gasteiger partial charge >= 0.3 is 6.09 Å². The number of carbonyl (C=O) groups excluding carboxylic acids is 2. The van der Waals surface area contributed by atoms with Crippen molar-refractivity contribution in [3.05, 3.63) is 53.2 Å². The van der Waals surface area contributed by atoms with Gasteiger partial charge < -0.3 is 10.1 Å². The van der Waals surface area contributed by atoms with Crippen LogP contribution in [0.25, 0.3) is 22.3 Å². The van der Waals surface area contributed by atoms with E-state index in [1.54, 1.807) is 10.8 Å². The highest BCUT2D eigenvalue weighted by molar-refractivity contribution is 6.05. The Morgan fingerprint density at radius 1 is 1.12 bits per heavy atom. The largest absolute Gasteiger partial charge is 0.443 e. The van der Waals surface area contributed by atoms with E-state index in [0.717, 1.165) is 36.1 Å². The second kappa shape index (κ2) is 8.30. The molecule has 0 aliphatic carbocycles. The number of pyridine rings is 1. The van der Waals surface area contributed by atoms with Gasteiger partial charge in [-0.3, -0.25) is 14.7 Å². The highest BCUT2D eigenvalue weighted by Crippen LogP contribution is 2.33. The Bertz CT molecular complexity index is 1230. The van der Waals surface area contributed by atoms with Gasteiger partial charge in [-0.05, 0) is 82.1 Å². The summed E-state index contributed by atoms with van der Waals surface area (Å²) < 4.78 is 7.29. The Labute approximate surface area is 193 Å². The first kappa shape index (κ1) is 21.6. The number of hydrogen-bond donors (Lipinski definition) is 1. The highest BCUT2D eigenvalue weighted by atomic mass is 16.6. The number of piperidine rings is 1. The standard InChI is InChI=1S/C26H30N4O3/c1-26(2,3)33-25(32)30-20-8-7-17(16-29-11-5-4-6-12-29)13-19(20)14-21(30)23-22-18(9-10-27-23)15-28-24(22)31/h7-10,13-14H,4-6,11-12,15-16H2,1-3H3,(H,28,31). The minimum Gasteiger partial charge on any atom is -0.443 e. The molecule has 172 valence electrons. The van der Waals surface area contributed by atoms with Gasteiger partial charge in [0.05, 0.1) is 16.8 Å². The zero-order valence-corrected chi connectivity index (χ0v) is 19.5. The van der Waals surface area contributed by atoms with Gasteiger partial charge in [-0.25, -0.2) is 9.36 Å². The monoisotopic (exact) mass is 446 g/mol. The van der Waals surface area contributed by atoms with Gasteiger partial charge in [-0.1, -0.05) is 12.5 Å². The van der Waals surface area contributed by atoms with E-state index in [9.17, 15) is 9.59 Å². The summed E-state index contributed by atoms with van der Waals surface area (Å²) in [5.74, 6) is -0.167. The third-order valence-corrected chi connectivity index (χ3v) is 6.24. The van der Waals surface area contributed by atoms with Crippen molar-refractivity contribution in [2.24, 2.45) is 0 Å². The highest BCUT2D eigenvalue weighted by Gasteiger charge is 2.29. The normalized spacial score (nSPS) is 16.6. The molecule has 0 saturated carbocycles. The number of benzene rings is 1. The predicted molar refractivity (Wildman–Crippen MR) is 127 cm³/mol. The molecule has 33 heavy (non-hydrogen) atoms. The topological polar surface area (TPSA) is 76.5 Å².